The van der Waals surface area contributed by atoms with Gasteiger partial charge in [-0.15, -0.1) is 0 Å². The SMILES string of the molecule is O=C(O)C1COCCN1c1ncc2ccccc2n1. The van der Waals surface area contributed by atoms with Crippen LogP contribution >= 0.6 is 0 Å². The number of aliphatic carboxylic acids is 1. The summed E-state index contributed by atoms with van der Waals surface area (Å²) >= 11 is 0. The molecule has 1 aromatic carbocycles. The number of rotatable bonds is 2. The molecule has 98 valence electrons. The Morgan fingerprint density at radius 2 is 2.26 bits per heavy atom. The van der Waals surface area contributed by atoms with Gasteiger partial charge in [0.2, 0.25) is 5.95 Å². The van der Waals surface area contributed by atoms with E-state index in [1.54, 1.807) is 11.1 Å². The minimum absolute atomic E-state index is 0.158. The van der Waals surface area contributed by atoms with Crippen molar-refractivity contribution in [2.45, 2.75) is 6.04 Å². The third kappa shape index (κ3) is 2.22. The van der Waals surface area contributed by atoms with E-state index in [2.05, 4.69) is 9.97 Å². The van der Waals surface area contributed by atoms with Crippen LogP contribution in [0.15, 0.2) is 30.5 Å². The summed E-state index contributed by atoms with van der Waals surface area (Å²) in [6, 6.07) is 6.90. The molecule has 2 aromatic rings. The number of fused-ring (bicyclic) bond motifs is 1. The first-order chi connectivity index (χ1) is 9.25. The second-order valence-corrected chi connectivity index (χ2v) is 4.35. The Bertz CT molecular complexity index is 617. The highest BCUT2D eigenvalue weighted by Crippen LogP contribution is 2.18. The van der Waals surface area contributed by atoms with Crippen molar-refractivity contribution in [2.75, 3.05) is 24.7 Å². The fourth-order valence-corrected chi connectivity index (χ4v) is 2.15. The maximum atomic E-state index is 11.2. The van der Waals surface area contributed by atoms with Gasteiger partial charge in [0.1, 0.15) is 0 Å². The minimum Gasteiger partial charge on any atom is -0.480 e. The van der Waals surface area contributed by atoms with Crippen molar-refractivity contribution in [3.8, 4) is 0 Å². The fourth-order valence-electron chi connectivity index (χ4n) is 2.15. The number of ether oxygens (including phenoxy) is 1. The highest BCUT2D eigenvalue weighted by molar-refractivity contribution is 5.80. The lowest BCUT2D eigenvalue weighted by Crippen LogP contribution is -2.50. The zero-order chi connectivity index (χ0) is 13.2. The van der Waals surface area contributed by atoms with Gasteiger partial charge in [0.15, 0.2) is 6.04 Å². The van der Waals surface area contributed by atoms with Crippen molar-refractivity contribution in [2.24, 2.45) is 0 Å². The number of anilines is 1. The van der Waals surface area contributed by atoms with Gasteiger partial charge in [-0.05, 0) is 6.07 Å². The Labute approximate surface area is 109 Å². The summed E-state index contributed by atoms with van der Waals surface area (Å²) in [7, 11) is 0. The van der Waals surface area contributed by atoms with Crippen LogP contribution in [0.1, 0.15) is 0 Å². The van der Waals surface area contributed by atoms with Gasteiger partial charge in [-0.3, -0.25) is 0 Å². The van der Waals surface area contributed by atoms with Crippen molar-refractivity contribution in [3.63, 3.8) is 0 Å². The van der Waals surface area contributed by atoms with Crippen LogP contribution in [0.5, 0.6) is 0 Å². The highest BCUT2D eigenvalue weighted by Gasteiger charge is 2.31. The lowest BCUT2D eigenvalue weighted by atomic mass is 10.2. The molecule has 1 fully saturated rings. The molecular formula is C13H13N3O3. The predicted octanol–water partition coefficient (Wildman–Crippen LogP) is 0.920. The second-order valence-electron chi connectivity index (χ2n) is 4.35. The molecule has 0 spiro atoms. The smallest absolute Gasteiger partial charge is 0.328 e. The third-order valence-corrected chi connectivity index (χ3v) is 3.15. The van der Waals surface area contributed by atoms with Gasteiger partial charge in [0.25, 0.3) is 0 Å². The summed E-state index contributed by atoms with van der Waals surface area (Å²) in [6.07, 6.45) is 1.71. The summed E-state index contributed by atoms with van der Waals surface area (Å²) in [5.41, 5.74) is 0.808. The van der Waals surface area contributed by atoms with Crippen LogP contribution in [0.4, 0.5) is 5.95 Å². The predicted molar refractivity (Wildman–Crippen MR) is 69.1 cm³/mol. The normalized spacial score (nSPS) is 19.6. The molecular weight excluding hydrogens is 246 g/mol. The van der Waals surface area contributed by atoms with E-state index in [1.807, 2.05) is 24.3 Å². The van der Waals surface area contributed by atoms with E-state index in [9.17, 15) is 9.90 Å². The van der Waals surface area contributed by atoms with Gasteiger partial charge in [-0.1, -0.05) is 18.2 Å². The Balaban J connectivity index is 1.99. The quantitative estimate of drug-likeness (QED) is 0.864. The average Bonchev–Trinajstić information content (AvgIpc) is 2.46. The number of morpholine rings is 1. The number of aromatic nitrogens is 2. The molecule has 1 aliphatic rings. The van der Waals surface area contributed by atoms with Gasteiger partial charge in [0, 0.05) is 18.1 Å². The maximum Gasteiger partial charge on any atom is 0.328 e. The topological polar surface area (TPSA) is 75.6 Å². The molecule has 19 heavy (non-hydrogen) atoms. The van der Waals surface area contributed by atoms with Gasteiger partial charge in [-0.2, -0.15) is 0 Å². The lowest BCUT2D eigenvalue weighted by Gasteiger charge is -2.32. The van der Waals surface area contributed by atoms with E-state index in [0.717, 1.165) is 10.9 Å². The first-order valence-corrected chi connectivity index (χ1v) is 6.05. The molecule has 1 saturated heterocycles. The number of para-hydroxylation sites is 1. The molecule has 0 aliphatic carbocycles. The van der Waals surface area contributed by atoms with Crippen molar-refractivity contribution >= 4 is 22.8 Å². The van der Waals surface area contributed by atoms with Crippen molar-refractivity contribution in [1.29, 1.82) is 0 Å². The van der Waals surface area contributed by atoms with Gasteiger partial charge in [-0.25, -0.2) is 14.8 Å². The number of nitrogens with zero attached hydrogens (tertiary/aromatic N) is 3. The number of benzene rings is 1. The van der Waals surface area contributed by atoms with Crippen LogP contribution in [0.25, 0.3) is 10.9 Å². The van der Waals surface area contributed by atoms with E-state index in [-0.39, 0.29) is 6.61 Å². The Kier molecular flexibility index (Phi) is 3.00. The van der Waals surface area contributed by atoms with Gasteiger partial charge < -0.3 is 14.7 Å². The first kappa shape index (κ1) is 11.9. The summed E-state index contributed by atoms with van der Waals surface area (Å²) in [5.74, 6) is -0.481. The molecule has 3 rings (SSSR count). The van der Waals surface area contributed by atoms with Crippen LogP contribution in [-0.4, -0.2) is 46.8 Å². The van der Waals surface area contributed by atoms with E-state index in [0.29, 0.717) is 19.1 Å². The van der Waals surface area contributed by atoms with E-state index in [4.69, 9.17) is 4.74 Å². The summed E-state index contributed by atoms with van der Waals surface area (Å²) in [4.78, 5) is 21.6. The minimum atomic E-state index is -0.920. The summed E-state index contributed by atoms with van der Waals surface area (Å²) in [5, 5.41) is 10.1. The molecule has 6 heteroatoms. The van der Waals surface area contributed by atoms with Crippen molar-refractivity contribution < 1.29 is 14.6 Å². The van der Waals surface area contributed by atoms with Crippen molar-refractivity contribution in [3.05, 3.63) is 30.5 Å². The van der Waals surface area contributed by atoms with E-state index < -0.39 is 12.0 Å². The van der Waals surface area contributed by atoms with Crippen LogP contribution in [0.3, 0.4) is 0 Å². The summed E-state index contributed by atoms with van der Waals surface area (Å²) in [6.45, 7) is 1.13. The van der Waals surface area contributed by atoms with E-state index >= 15 is 0 Å². The lowest BCUT2D eigenvalue weighted by molar-refractivity contribution is -0.141. The third-order valence-electron chi connectivity index (χ3n) is 3.15. The molecule has 0 bridgehead atoms. The molecule has 6 nitrogen and oxygen atoms in total. The zero-order valence-electron chi connectivity index (χ0n) is 10.2. The molecule has 0 amide bonds. The maximum absolute atomic E-state index is 11.2. The monoisotopic (exact) mass is 259 g/mol. The molecule has 1 atom stereocenters. The number of carboxylic acids is 1. The Morgan fingerprint density at radius 3 is 3.11 bits per heavy atom. The number of hydrogen-bond acceptors (Lipinski definition) is 5. The van der Waals surface area contributed by atoms with Crippen LogP contribution in [-0.2, 0) is 9.53 Å². The molecule has 1 unspecified atom stereocenters. The fraction of sp³-hybridized carbons (Fsp3) is 0.308. The van der Waals surface area contributed by atoms with Crippen molar-refractivity contribution in [1.82, 2.24) is 9.97 Å². The summed E-state index contributed by atoms with van der Waals surface area (Å²) < 4.78 is 5.20. The zero-order valence-corrected chi connectivity index (χ0v) is 10.2. The van der Waals surface area contributed by atoms with Gasteiger partial charge in [0.05, 0.1) is 18.7 Å². The number of carboxylic acid groups (broad SMARTS) is 1. The number of carbonyl (C=O) groups is 1. The van der Waals surface area contributed by atoms with Crippen LogP contribution in [0.2, 0.25) is 0 Å². The average molecular weight is 259 g/mol. The largest absolute Gasteiger partial charge is 0.480 e. The number of hydrogen-bond donors (Lipinski definition) is 1. The van der Waals surface area contributed by atoms with Gasteiger partial charge >= 0.3 is 5.97 Å². The molecule has 0 saturated carbocycles. The molecule has 1 aromatic heterocycles. The molecule has 0 radical (unpaired) electrons. The standard InChI is InChI=1S/C13H13N3O3/c17-12(18)11-8-19-6-5-16(11)13-14-7-9-3-1-2-4-10(9)15-13/h1-4,7,11H,5-6,8H2,(H,17,18). The molecule has 1 N–H and O–H groups in total. The Hall–Kier alpha value is -2.21. The highest BCUT2D eigenvalue weighted by atomic mass is 16.5. The van der Waals surface area contributed by atoms with Crippen LogP contribution in [0, 0.1) is 0 Å². The first-order valence-electron chi connectivity index (χ1n) is 6.05. The molecule has 2 heterocycles. The van der Waals surface area contributed by atoms with Crippen LogP contribution < -0.4 is 4.90 Å². The molecule has 1 aliphatic heterocycles. The van der Waals surface area contributed by atoms with E-state index in [1.165, 1.54) is 0 Å². The second kappa shape index (κ2) is 4.81. The Morgan fingerprint density at radius 1 is 1.42 bits per heavy atom.